The van der Waals surface area contributed by atoms with E-state index in [4.69, 9.17) is 4.74 Å². The van der Waals surface area contributed by atoms with Crippen LogP contribution in [0.3, 0.4) is 0 Å². The number of rotatable bonds is 5. The molecule has 6 heteroatoms. The fraction of sp³-hybridized carbons (Fsp3) is 0.318. The van der Waals surface area contributed by atoms with Gasteiger partial charge in [-0.15, -0.1) is 0 Å². The third kappa shape index (κ3) is 4.39. The maximum atomic E-state index is 12.9. The molecule has 0 aliphatic carbocycles. The number of esters is 1. The molecule has 1 aliphatic heterocycles. The van der Waals surface area contributed by atoms with E-state index in [1.807, 2.05) is 74.4 Å². The zero-order valence-electron chi connectivity index (χ0n) is 16.6. The van der Waals surface area contributed by atoms with Crippen LogP contribution in [0.4, 0.5) is 10.5 Å². The van der Waals surface area contributed by atoms with Crippen molar-refractivity contribution in [2.24, 2.45) is 10.9 Å². The molecule has 28 heavy (non-hydrogen) atoms. The van der Waals surface area contributed by atoms with Crippen molar-refractivity contribution < 1.29 is 14.3 Å². The van der Waals surface area contributed by atoms with E-state index in [0.717, 1.165) is 22.4 Å². The number of aryl methyl sites for hydroxylation is 1. The monoisotopic (exact) mass is 379 g/mol. The molecule has 2 atom stereocenters. The maximum absolute atomic E-state index is 12.9. The van der Waals surface area contributed by atoms with Crippen LogP contribution < -0.4 is 10.2 Å². The summed E-state index contributed by atoms with van der Waals surface area (Å²) in [5, 5.41) is 2.81. The van der Waals surface area contributed by atoms with E-state index in [1.54, 1.807) is 6.92 Å². The Morgan fingerprint density at radius 3 is 2.32 bits per heavy atom. The molecule has 2 aromatic rings. The summed E-state index contributed by atoms with van der Waals surface area (Å²) in [4.78, 5) is 30.7. The first kappa shape index (κ1) is 19.6. The number of anilines is 1. The largest absolute Gasteiger partial charge is 0.460 e. The highest BCUT2D eigenvalue weighted by Crippen LogP contribution is 2.29. The quantitative estimate of drug-likeness (QED) is 0.805. The van der Waals surface area contributed by atoms with Crippen molar-refractivity contribution in [1.82, 2.24) is 5.32 Å². The lowest BCUT2D eigenvalue weighted by Crippen LogP contribution is -2.44. The van der Waals surface area contributed by atoms with Crippen LogP contribution in [0.25, 0.3) is 0 Å². The van der Waals surface area contributed by atoms with Gasteiger partial charge in [-0.1, -0.05) is 42.0 Å². The van der Waals surface area contributed by atoms with E-state index in [2.05, 4.69) is 10.3 Å². The number of nitrogens with one attached hydrogen (secondary N) is 1. The average molecular weight is 379 g/mol. The number of hydrogen-bond acceptors (Lipinski definition) is 4. The van der Waals surface area contributed by atoms with Gasteiger partial charge in [-0.05, 0) is 37.1 Å². The Morgan fingerprint density at radius 1 is 1.07 bits per heavy atom. The van der Waals surface area contributed by atoms with Crippen LogP contribution in [0.5, 0.6) is 0 Å². The molecule has 0 saturated heterocycles. The standard InChI is InChI=1S/C22H25N3O3/c1-14-5-7-16(8-6-14)13-28-21(26)19-15(2)23-22(27)24-20(19)17-9-11-18(12-10-17)25(3)4/h5-12,19-20H,13H2,1-4H3,(H,24,27). The number of benzene rings is 2. The Labute approximate surface area is 165 Å². The zero-order chi connectivity index (χ0) is 20.3. The van der Waals surface area contributed by atoms with Gasteiger partial charge in [0.1, 0.15) is 12.5 Å². The highest BCUT2D eigenvalue weighted by atomic mass is 16.5. The molecule has 0 saturated carbocycles. The number of carbonyl (C=O) groups excluding carboxylic acids is 2. The first-order valence-electron chi connectivity index (χ1n) is 9.20. The summed E-state index contributed by atoms with van der Waals surface area (Å²) in [6.07, 6.45) is 0. The zero-order valence-corrected chi connectivity index (χ0v) is 16.6. The fourth-order valence-electron chi connectivity index (χ4n) is 3.21. The van der Waals surface area contributed by atoms with Crippen molar-refractivity contribution in [3.05, 3.63) is 65.2 Å². The Bertz CT molecular complexity index is 886. The van der Waals surface area contributed by atoms with Crippen molar-refractivity contribution in [2.75, 3.05) is 19.0 Å². The number of nitrogens with zero attached hydrogens (tertiary/aromatic N) is 2. The second-order valence-corrected chi connectivity index (χ2v) is 7.24. The van der Waals surface area contributed by atoms with Gasteiger partial charge in [0.05, 0.1) is 6.04 Å². The maximum Gasteiger partial charge on any atom is 0.341 e. The molecule has 2 amide bonds. The number of urea groups is 1. The smallest absolute Gasteiger partial charge is 0.341 e. The summed E-state index contributed by atoms with van der Waals surface area (Å²) in [6.45, 7) is 3.88. The Hall–Kier alpha value is -3.15. The van der Waals surface area contributed by atoms with Gasteiger partial charge in [0.25, 0.3) is 0 Å². The lowest BCUT2D eigenvalue weighted by Gasteiger charge is -2.30. The molecule has 1 aliphatic rings. The first-order chi connectivity index (χ1) is 13.3. The van der Waals surface area contributed by atoms with Gasteiger partial charge in [-0.25, -0.2) is 9.79 Å². The van der Waals surface area contributed by atoms with Crippen LogP contribution in [0, 0.1) is 12.8 Å². The second kappa shape index (κ2) is 8.25. The van der Waals surface area contributed by atoms with E-state index in [9.17, 15) is 9.59 Å². The molecule has 6 nitrogen and oxygen atoms in total. The number of aliphatic imine (C=N–C) groups is 1. The van der Waals surface area contributed by atoms with Gasteiger partial charge in [-0.3, -0.25) is 4.79 Å². The van der Waals surface area contributed by atoms with Gasteiger partial charge < -0.3 is 15.0 Å². The fourth-order valence-corrected chi connectivity index (χ4v) is 3.21. The van der Waals surface area contributed by atoms with Crippen molar-refractivity contribution in [3.8, 4) is 0 Å². The Morgan fingerprint density at radius 2 is 1.71 bits per heavy atom. The molecule has 1 N–H and O–H groups in total. The number of hydrogen-bond donors (Lipinski definition) is 1. The molecular weight excluding hydrogens is 354 g/mol. The van der Waals surface area contributed by atoms with E-state index >= 15 is 0 Å². The van der Waals surface area contributed by atoms with E-state index in [-0.39, 0.29) is 6.61 Å². The predicted octanol–water partition coefficient (Wildman–Crippen LogP) is 3.65. The van der Waals surface area contributed by atoms with Crippen LogP contribution in [-0.2, 0) is 16.1 Å². The van der Waals surface area contributed by atoms with Crippen LogP contribution in [0.2, 0.25) is 0 Å². The second-order valence-electron chi connectivity index (χ2n) is 7.24. The van der Waals surface area contributed by atoms with Gasteiger partial charge in [0.2, 0.25) is 0 Å². The number of amides is 2. The average Bonchev–Trinajstić information content (AvgIpc) is 2.66. The highest BCUT2D eigenvalue weighted by molar-refractivity contribution is 6.08. The Balaban J connectivity index is 1.80. The topological polar surface area (TPSA) is 71.0 Å². The third-order valence-electron chi connectivity index (χ3n) is 4.86. The van der Waals surface area contributed by atoms with Gasteiger partial charge >= 0.3 is 12.0 Å². The molecule has 2 unspecified atom stereocenters. The first-order valence-corrected chi connectivity index (χ1v) is 9.20. The minimum Gasteiger partial charge on any atom is -0.460 e. The van der Waals surface area contributed by atoms with Crippen molar-refractivity contribution in [2.45, 2.75) is 26.5 Å². The predicted molar refractivity (Wildman–Crippen MR) is 110 cm³/mol. The summed E-state index contributed by atoms with van der Waals surface area (Å²) in [5.74, 6) is -1.06. The third-order valence-corrected chi connectivity index (χ3v) is 4.86. The molecule has 0 bridgehead atoms. The van der Waals surface area contributed by atoms with Crippen LogP contribution in [-0.4, -0.2) is 31.8 Å². The van der Waals surface area contributed by atoms with Gasteiger partial charge in [0.15, 0.2) is 0 Å². The molecule has 2 aromatic carbocycles. The van der Waals surface area contributed by atoms with Crippen molar-refractivity contribution in [3.63, 3.8) is 0 Å². The summed E-state index contributed by atoms with van der Waals surface area (Å²) >= 11 is 0. The summed E-state index contributed by atoms with van der Waals surface area (Å²) in [7, 11) is 3.92. The lowest BCUT2D eigenvalue weighted by molar-refractivity contribution is -0.148. The van der Waals surface area contributed by atoms with Crippen LogP contribution in [0.15, 0.2) is 53.5 Å². The molecule has 0 spiro atoms. The number of carbonyl (C=O) groups is 2. The van der Waals surface area contributed by atoms with E-state index < -0.39 is 24.0 Å². The molecule has 0 aromatic heterocycles. The summed E-state index contributed by atoms with van der Waals surface area (Å²) in [6, 6.07) is 14.6. The minimum atomic E-state index is -0.659. The van der Waals surface area contributed by atoms with Crippen molar-refractivity contribution >= 4 is 23.4 Å². The molecule has 146 valence electrons. The SMILES string of the molecule is CC1=NC(=O)NC(c2ccc(N(C)C)cc2)C1C(=O)OCc1ccc(C)cc1. The van der Waals surface area contributed by atoms with Crippen LogP contribution >= 0.6 is 0 Å². The van der Waals surface area contributed by atoms with Gasteiger partial charge in [-0.2, -0.15) is 0 Å². The minimum absolute atomic E-state index is 0.184. The molecule has 1 heterocycles. The molecular formula is C22H25N3O3. The van der Waals surface area contributed by atoms with E-state index in [0.29, 0.717) is 5.71 Å². The van der Waals surface area contributed by atoms with Crippen LogP contribution in [0.1, 0.15) is 29.7 Å². The van der Waals surface area contributed by atoms with E-state index in [1.165, 1.54) is 0 Å². The molecule has 3 rings (SSSR count). The number of ether oxygens (including phenoxy) is 1. The normalized spacial score (nSPS) is 18.9. The molecule has 0 fully saturated rings. The lowest BCUT2D eigenvalue weighted by atomic mass is 9.88. The Kier molecular flexibility index (Phi) is 5.78. The molecule has 0 radical (unpaired) electrons. The van der Waals surface area contributed by atoms with Gasteiger partial charge in [0, 0.05) is 25.5 Å². The summed E-state index contributed by atoms with van der Waals surface area (Å²) < 4.78 is 5.55. The summed E-state index contributed by atoms with van der Waals surface area (Å²) in [5.41, 5.74) is 4.40. The highest BCUT2D eigenvalue weighted by Gasteiger charge is 2.38. The van der Waals surface area contributed by atoms with Crippen molar-refractivity contribution in [1.29, 1.82) is 0 Å².